The minimum Gasteiger partial charge on any atom is -0.475 e. The number of sulfone groups is 1. The Labute approximate surface area is 185 Å². The Bertz CT molecular complexity index is 1200. The van der Waals surface area contributed by atoms with Crippen LogP contribution in [0.5, 0.6) is 5.88 Å². The van der Waals surface area contributed by atoms with Gasteiger partial charge in [-0.1, -0.05) is 0 Å². The quantitative estimate of drug-likeness (QED) is 0.543. The number of nitrogens with zero attached hydrogens (tertiary/aromatic N) is 6. The molecular weight excluding hydrogens is 436 g/mol. The molecule has 1 aliphatic heterocycles. The number of hydrogen-bond acceptors (Lipinski definition) is 10. The highest BCUT2D eigenvalue weighted by atomic mass is 32.2. The van der Waals surface area contributed by atoms with Crippen molar-refractivity contribution < 1.29 is 23.0 Å². The number of fused-ring (bicyclic) bond motifs is 3. The van der Waals surface area contributed by atoms with Crippen LogP contribution in [0.1, 0.15) is 36.3 Å². The van der Waals surface area contributed by atoms with E-state index in [0.29, 0.717) is 17.3 Å². The van der Waals surface area contributed by atoms with Crippen molar-refractivity contribution in [3.8, 4) is 17.3 Å². The topological polar surface area (TPSA) is 142 Å². The fraction of sp³-hybridized carbons (Fsp3) is 0.450. The van der Waals surface area contributed by atoms with Crippen molar-refractivity contribution in [2.75, 3.05) is 20.3 Å². The molecular formula is C20H24N6O5S. The third-order valence-electron chi connectivity index (χ3n) is 5.40. The predicted octanol–water partition coefficient (Wildman–Crippen LogP) is 1.06. The summed E-state index contributed by atoms with van der Waals surface area (Å²) in [4.78, 5) is 12.6. The summed E-state index contributed by atoms with van der Waals surface area (Å²) in [6, 6.07) is 2.93. The fourth-order valence-electron chi connectivity index (χ4n) is 3.61. The molecule has 0 radical (unpaired) electrons. The molecule has 0 aliphatic carbocycles. The number of pyridine rings is 1. The van der Waals surface area contributed by atoms with Gasteiger partial charge in [-0.15, -0.1) is 10.2 Å². The zero-order chi connectivity index (χ0) is 22.9. The summed E-state index contributed by atoms with van der Waals surface area (Å²) in [5.41, 5.74) is 1.44. The molecule has 32 heavy (non-hydrogen) atoms. The van der Waals surface area contributed by atoms with Crippen molar-refractivity contribution in [2.24, 2.45) is 0 Å². The van der Waals surface area contributed by atoms with E-state index in [2.05, 4.69) is 25.1 Å². The molecule has 0 unspecified atom stereocenters. The maximum absolute atomic E-state index is 13.3. The second kappa shape index (κ2) is 8.88. The summed E-state index contributed by atoms with van der Waals surface area (Å²) in [5, 5.41) is 17.3. The molecule has 4 rings (SSSR count). The number of aryl methyl sites for hydroxylation is 1. The molecule has 3 atom stereocenters. The van der Waals surface area contributed by atoms with Gasteiger partial charge in [0.25, 0.3) is 0 Å². The Balaban J connectivity index is 1.68. The van der Waals surface area contributed by atoms with E-state index in [1.54, 1.807) is 42.2 Å². The van der Waals surface area contributed by atoms with E-state index in [9.17, 15) is 13.5 Å². The van der Waals surface area contributed by atoms with Crippen molar-refractivity contribution >= 4 is 9.84 Å². The van der Waals surface area contributed by atoms with Crippen molar-refractivity contribution in [3.05, 3.63) is 47.9 Å². The number of hydrogen-bond donors (Lipinski definition) is 1. The standard InChI is InChI=1S/C20H24N6O5S/c1-12-7-22-18(23-8-12)17(30-3)13(2)32(28,29)11-16-24-25-19-15-5-4-6-21-20(15)31-10-14(9-27)26(16)19/h4-8,13-14,17,27H,9-11H2,1-3H3/t13-,14-,17-/m0/s1. The first-order chi connectivity index (χ1) is 15.4. The molecule has 0 fully saturated rings. The van der Waals surface area contributed by atoms with Gasteiger partial charge in [-0.05, 0) is 31.5 Å². The van der Waals surface area contributed by atoms with Crippen LogP contribution in [0.2, 0.25) is 0 Å². The van der Waals surface area contributed by atoms with Crippen LogP contribution >= 0.6 is 0 Å². The second-order valence-corrected chi connectivity index (χ2v) is 9.96. The van der Waals surface area contributed by atoms with Crippen LogP contribution in [-0.4, -0.2) is 68.8 Å². The Morgan fingerprint density at radius 1 is 1.28 bits per heavy atom. The average molecular weight is 461 g/mol. The van der Waals surface area contributed by atoms with Crippen LogP contribution in [0.3, 0.4) is 0 Å². The molecule has 170 valence electrons. The van der Waals surface area contributed by atoms with Crippen molar-refractivity contribution in [1.82, 2.24) is 29.7 Å². The highest BCUT2D eigenvalue weighted by Gasteiger charge is 2.36. The minimum atomic E-state index is -3.77. The molecule has 12 heteroatoms. The van der Waals surface area contributed by atoms with Crippen LogP contribution in [0.15, 0.2) is 30.7 Å². The van der Waals surface area contributed by atoms with Crippen LogP contribution < -0.4 is 4.74 Å². The molecule has 1 N–H and O–H groups in total. The molecule has 0 saturated carbocycles. The van der Waals surface area contributed by atoms with E-state index in [1.165, 1.54) is 7.11 Å². The number of ether oxygens (including phenoxy) is 2. The Kier molecular flexibility index (Phi) is 6.17. The third kappa shape index (κ3) is 4.08. The van der Waals surface area contributed by atoms with Crippen LogP contribution in [0.4, 0.5) is 0 Å². The van der Waals surface area contributed by atoms with Crippen LogP contribution in [0, 0.1) is 6.92 Å². The maximum Gasteiger partial charge on any atom is 0.224 e. The molecule has 3 aromatic heterocycles. The lowest BCUT2D eigenvalue weighted by Crippen LogP contribution is -2.31. The largest absolute Gasteiger partial charge is 0.475 e. The number of aromatic nitrogens is 6. The first kappa shape index (κ1) is 22.2. The highest BCUT2D eigenvalue weighted by molar-refractivity contribution is 7.91. The van der Waals surface area contributed by atoms with Gasteiger partial charge < -0.3 is 19.1 Å². The molecule has 0 bridgehead atoms. The number of aliphatic hydroxyl groups excluding tert-OH is 1. The molecule has 0 amide bonds. The predicted molar refractivity (Wildman–Crippen MR) is 113 cm³/mol. The zero-order valence-corrected chi connectivity index (χ0v) is 18.7. The highest BCUT2D eigenvalue weighted by Crippen LogP contribution is 2.34. The van der Waals surface area contributed by atoms with E-state index >= 15 is 0 Å². The summed E-state index contributed by atoms with van der Waals surface area (Å²) in [6.07, 6.45) is 3.96. The van der Waals surface area contributed by atoms with E-state index < -0.39 is 33.0 Å². The van der Waals surface area contributed by atoms with Crippen LogP contribution in [0.25, 0.3) is 11.4 Å². The summed E-state index contributed by atoms with van der Waals surface area (Å²) in [5.74, 6) is 0.837. The van der Waals surface area contributed by atoms with Gasteiger partial charge in [0.2, 0.25) is 5.88 Å². The van der Waals surface area contributed by atoms with Gasteiger partial charge in [0.15, 0.2) is 21.5 Å². The first-order valence-electron chi connectivity index (χ1n) is 10.0. The maximum atomic E-state index is 13.3. The lowest BCUT2D eigenvalue weighted by Gasteiger charge is -2.22. The van der Waals surface area contributed by atoms with Crippen molar-refractivity contribution in [1.29, 1.82) is 0 Å². The molecule has 3 aromatic rings. The summed E-state index contributed by atoms with van der Waals surface area (Å²) in [6.45, 7) is 3.22. The van der Waals surface area contributed by atoms with Gasteiger partial charge >= 0.3 is 0 Å². The van der Waals surface area contributed by atoms with Gasteiger partial charge in [0.1, 0.15) is 24.3 Å². The monoisotopic (exact) mass is 460 g/mol. The second-order valence-electron chi connectivity index (χ2n) is 7.60. The molecule has 1 aliphatic rings. The van der Waals surface area contributed by atoms with E-state index in [1.807, 2.05) is 6.92 Å². The fourth-order valence-corrected chi connectivity index (χ4v) is 5.03. The van der Waals surface area contributed by atoms with E-state index in [-0.39, 0.29) is 24.9 Å². The van der Waals surface area contributed by atoms with Gasteiger partial charge in [0.05, 0.1) is 23.5 Å². The molecule has 11 nitrogen and oxygen atoms in total. The van der Waals surface area contributed by atoms with Gasteiger partial charge in [-0.25, -0.2) is 23.4 Å². The van der Waals surface area contributed by atoms with Gasteiger partial charge in [-0.3, -0.25) is 0 Å². The van der Waals surface area contributed by atoms with Gasteiger partial charge in [0, 0.05) is 25.7 Å². The summed E-state index contributed by atoms with van der Waals surface area (Å²) in [7, 11) is -2.35. The van der Waals surface area contributed by atoms with E-state index in [4.69, 9.17) is 9.47 Å². The molecule has 0 spiro atoms. The summed E-state index contributed by atoms with van der Waals surface area (Å²) >= 11 is 0. The summed E-state index contributed by atoms with van der Waals surface area (Å²) < 4.78 is 39.4. The molecule has 4 heterocycles. The first-order valence-corrected chi connectivity index (χ1v) is 11.7. The Morgan fingerprint density at radius 3 is 2.72 bits per heavy atom. The lowest BCUT2D eigenvalue weighted by atomic mass is 10.2. The Morgan fingerprint density at radius 2 is 2.03 bits per heavy atom. The number of rotatable bonds is 7. The smallest absolute Gasteiger partial charge is 0.224 e. The number of aliphatic hydroxyl groups is 1. The third-order valence-corrected chi connectivity index (χ3v) is 7.44. The normalized spacial score (nSPS) is 17.6. The lowest BCUT2D eigenvalue weighted by molar-refractivity contribution is 0.0947. The van der Waals surface area contributed by atoms with Crippen molar-refractivity contribution in [2.45, 2.75) is 37.0 Å². The number of methoxy groups -OCH3 is 1. The average Bonchev–Trinajstić information content (AvgIpc) is 3.10. The molecule has 0 saturated heterocycles. The SMILES string of the molecule is CO[C@H](c1ncc(C)cn1)[C@H](C)S(=O)(=O)Cc1nnc2n1[C@@H](CO)COc1ncccc1-2. The Hall–Kier alpha value is -2.96. The zero-order valence-electron chi connectivity index (χ0n) is 17.9. The van der Waals surface area contributed by atoms with E-state index in [0.717, 1.165) is 5.56 Å². The van der Waals surface area contributed by atoms with Gasteiger partial charge in [-0.2, -0.15) is 0 Å². The molecule has 0 aromatic carbocycles. The minimum absolute atomic E-state index is 0.103. The van der Waals surface area contributed by atoms with Crippen molar-refractivity contribution in [3.63, 3.8) is 0 Å². The van der Waals surface area contributed by atoms with Crippen LogP contribution in [-0.2, 0) is 20.3 Å².